The van der Waals surface area contributed by atoms with Crippen LogP contribution in [0.4, 0.5) is 17.6 Å². The first-order valence-electron chi connectivity index (χ1n) is 6.14. The Kier molecular flexibility index (Phi) is 7.43. The first-order valence-corrected chi connectivity index (χ1v) is 6.14. The van der Waals surface area contributed by atoms with E-state index in [1.54, 1.807) is 6.92 Å². The summed E-state index contributed by atoms with van der Waals surface area (Å²) in [5.41, 5.74) is 5.51. The minimum Gasteiger partial charge on any atom is -0.406 e. The summed E-state index contributed by atoms with van der Waals surface area (Å²) < 4.78 is 53.7. The third kappa shape index (κ3) is 5.68. The topological polar surface area (TPSA) is 55.5 Å². The summed E-state index contributed by atoms with van der Waals surface area (Å²) >= 11 is 0. The van der Waals surface area contributed by atoms with Crippen molar-refractivity contribution in [3.63, 3.8) is 0 Å². The van der Waals surface area contributed by atoms with Crippen molar-refractivity contribution >= 4 is 12.4 Å². The van der Waals surface area contributed by atoms with E-state index >= 15 is 0 Å². The van der Waals surface area contributed by atoms with Crippen LogP contribution >= 0.6 is 12.4 Å². The number of hydrogen-bond acceptors (Lipinski definition) is 3. The first kappa shape index (κ1) is 19.9. The third-order valence-electron chi connectivity index (χ3n) is 3.16. The first-order chi connectivity index (χ1) is 9.15. The zero-order valence-electron chi connectivity index (χ0n) is 11.5. The largest absolute Gasteiger partial charge is 0.573 e. The van der Waals surface area contributed by atoms with E-state index in [0.29, 0.717) is 6.42 Å². The Morgan fingerprint density at radius 3 is 2.38 bits per heavy atom. The summed E-state index contributed by atoms with van der Waals surface area (Å²) in [5.74, 6) is -1.56. The number of aliphatic hydroxyl groups excluding tert-OH is 1. The molecule has 21 heavy (non-hydrogen) atoms. The fourth-order valence-corrected chi connectivity index (χ4v) is 1.75. The summed E-state index contributed by atoms with van der Waals surface area (Å²) in [5, 5.41) is 9.93. The SMILES string of the molecule is CCC(C)[C@@H](O)[C@@H](N)c1cc(OC(F)(F)F)ccc1F.Cl. The molecule has 1 aromatic carbocycles. The number of alkyl halides is 3. The minimum atomic E-state index is -4.87. The highest BCUT2D eigenvalue weighted by molar-refractivity contribution is 5.85. The highest BCUT2D eigenvalue weighted by Gasteiger charge is 2.32. The van der Waals surface area contributed by atoms with Crippen LogP contribution in [0.2, 0.25) is 0 Å². The van der Waals surface area contributed by atoms with Crippen molar-refractivity contribution in [2.75, 3.05) is 0 Å². The summed E-state index contributed by atoms with van der Waals surface area (Å²) in [7, 11) is 0. The minimum absolute atomic E-state index is 0. The lowest BCUT2D eigenvalue weighted by Gasteiger charge is -2.25. The van der Waals surface area contributed by atoms with E-state index in [2.05, 4.69) is 4.74 Å². The highest BCUT2D eigenvalue weighted by atomic mass is 35.5. The third-order valence-corrected chi connectivity index (χ3v) is 3.16. The van der Waals surface area contributed by atoms with E-state index in [4.69, 9.17) is 5.73 Å². The molecule has 1 aromatic rings. The predicted molar refractivity (Wildman–Crippen MR) is 72.7 cm³/mol. The highest BCUT2D eigenvalue weighted by Crippen LogP contribution is 2.29. The maximum Gasteiger partial charge on any atom is 0.573 e. The van der Waals surface area contributed by atoms with Crippen LogP contribution in [0.1, 0.15) is 31.9 Å². The molecule has 0 saturated heterocycles. The molecule has 0 bridgehead atoms. The fourth-order valence-electron chi connectivity index (χ4n) is 1.75. The van der Waals surface area contributed by atoms with Gasteiger partial charge in [-0.05, 0) is 24.1 Å². The smallest absolute Gasteiger partial charge is 0.406 e. The molecule has 0 heterocycles. The molecule has 3 atom stereocenters. The number of aliphatic hydroxyl groups is 1. The molecule has 0 fully saturated rings. The summed E-state index contributed by atoms with van der Waals surface area (Å²) in [6.07, 6.45) is -5.32. The van der Waals surface area contributed by atoms with Gasteiger partial charge in [-0.1, -0.05) is 20.3 Å². The van der Waals surface area contributed by atoms with Gasteiger partial charge in [0.1, 0.15) is 11.6 Å². The second-order valence-electron chi connectivity index (χ2n) is 4.63. The van der Waals surface area contributed by atoms with E-state index in [1.807, 2.05) is 6.92 Å². The molecule has 122 valence electrons. The van der Waals surface area contributed by atoms with E-state index in [0.717, 1.165) is 18.2 Å². The van der Waals surface area contributed by atoms with Crippen LogP contribution in [0.15, 0.2) is 18.2 Å². The van der Waals surface area contributed by atoms with Gasteiger partial charge in [0.05, 0.1) is 12.1 Å². The zero-order chi connectivity index (χ0) is 15.5. The van der Waals surface area contributed by atoms with Crippen molar-refractivity contribution in [2.24, 2.45) is 11.7 Å². The lowest BCUT2D eigenvalue weighted by molar-refractivity contribution is -0.274. The van der Waals surface area contributed by atoms with Gasteiger partial charge in [0.2, 0.25) is 0 Å². The van der Waals surface area contributed by atoms with Crippen LogP contribution in [0, 0.1) is 11.7 Å². The number of hydrogen-bond donors (Lipinski definition) is 2. The maximum absolute atomic E-state index is 13.7. The summed E-state index contributed by atoms with van der Waals surface area (Å²) in [6, 6.07) is 1.43. The fraction of sp³-hybridized carbons (Fsp3) is 0.538. The maximum atomic E-state index is 13.7. The number of benzene rings is 1. The van der Waals surface area contributed by atoms with E-state index in [-0.39, 0.29) is 23.9 Å². The molecular weight excluding hydrogens is 314 g/mol. The molecule has 1 rings (SSSR count). The predicted octanol–water partition coefficient (Wildman–Crippen LogP) is 3.55. The van der Waals surface area contributed by atoms with Crippen LogP contribution in [-0.4, -0.2) is 17.6 Å². The molecule has 0 aromatic heterocycles. The molecule has 0 aliphatic carbocycles. The van der Waals surface area contributed by atoms with Crippen molar-refractivity contribution in [1.29, 1.82) is 0 Å². The molecule has 8 heteroatoms. The number of halogens is 5. The van der Waals surface area contributed by atoms with Crippen molar-refractivity contribution in [2.45, 2.75) is 38.8 Å². The van der Waals surface area contributed by atoms with Crippen molar-refractivity contribution in [3.05, 3.63) is 29.6 Å². The summed E-state index contributed by atoms with van der Waals surface area (Å²) in [6.45, 7) is 3.54. The van der Waals surface area contributed by atoms with Gasteiger partial charge in [-0.2, -0.15) is 0 Å². The van der Waals surface area contributed by atoms with Crippen LogP contribution < -0.4 is 10.5 Å². The van der Waals surface area contributed by atoms with Gasteiger partial charge >= 0.3 is 6.36 Å². The van der Waals surface area contributed by atoms with Gasteiger partial charge < -0.3 is 15.6 Å². The normalized spacial score (nSPS) is 15.8. The van der Waals surface area contributed by atoms with Crippen molar-refractivity contribution < 1.29 is 27.4 Å². The Morgan fingerprint density at radius 2 is 1.90 bits per heavy atom. The van der Waals surface area contributed by atoms with Crippen molar-refractivity contribution in [1.82, 2.24) is 0 Å². The van der Waals surface area contributed by atoms with Crippen LogP contribution in [0.25, 0.3) is 0 Å². The lowest BCUT2D eigenvalue weighted by Crippen LogP contribution is -2.32. The Hall–Kier alpha value is -1.05. The molecule has 0 radical (unpaired) electrons. The van der Waals surface area contributed by atoms with Gasteiger partial charge in [0.15, 0.2) is 0 Å². The average molecular weight is 332 g/mol. The van der Waals surface area contributed by atoms with Gasteiger partial charge in [-0.25, -0.2) is 4.39 Å². The number of ether oxygens (including phenoxy) is 1. The number of nitrogens with two attached hydrogens (primary N) is 1. The van der Waals surface area contributed by atoms with Gasteiger partial charge in [-0.15, -0.1) is 25.6 Å². The van der Waals surface area contributed by atoms with Crippen LogP contribution in [-0.2, 0) is 0 Å². The Morgan fingerprint density at radius 1 is 1.33 bits per heavy atom. The second kappa shape index (κ2) is 7.82. The van der Waals surface area contributed by atoms with Crippen LogP contribution in [0.3, 0.4) is 0 Å². The Labute approximate surface area is 126 Å². The van der Waals surface area contributed by atoms with E-state index < -0.39 is 30.1 Å². The summed E-state index contributed by atoms with van der Waals surface area (Å²) in [4.78, 5) is 0. The van der Waals surface area contributed by atoms with Gasteiger partial charge in [0, 0.05) is 5.56 Å². The molecule has 0 aliphatic rings. The Bertz CT molecular complexity index is 456. The monoisotopic (exact) mass is 331 g/mol. The van der Waals surface area contributed by atoms with E-state index in [1.165, 1.54) is 0 Å². The second-order valence-corrected chi connectivity index (χ2v) is 4.63. The molecule has 0 aliphatic heterocycles. The molecule has 3 N–H and O–H groups in total. The van der Waals surface area contributed by atoms with E-state index in [9.17, 15) is 22.7 Å². The van der Waals surface area contributed by atoms with Crippen LogP contribution in [0.5, 0.6) is 5.75 Å². The standard InChI is InChI=1S/C13H17F4NO2.ClH/c1-3-7(2)12(19)11(18)9-6-8(4-5-10(9)14)20-13(15,16)17;/h4-7,11-12,19H,3,18H2,1-2H3;1H/t7?,11-,12+;/m0./s1. The molecular formula is C13H18ClF4NO2. The lowest BCUT2D eigenvalue weighted by atomic mass is 9.91. The zero-order valence-corrected chi connectivity index (χ0v) is 12.3. The van der Waals surface area contributed by atoms with Gasteiger partial charge in [0.25, 0.3) is 0 Å². The molecule has 0 amide bonds. The quantitative estimate of drug-likeness (QED) is 0.811. The molecule has 1 unspecified atom stereocenters. The Balaban J connectivity index is 0.00000400. The van der Waals surface area contributed by atoms with Crippen molar-refractivity contribution in [3.8, 4) is 5.75 Å². The molecule has 0 saturated carbocycles. The number of rotatable bonds is 5. The molecule has 0 spiro atoms. The molecule has 3 nitrogen and oxygen atoms in total. The van der Waals surface area contributed by atoms with Gasteiger partial charge in [-0.3, -0.25) is 0 Å². The average Bonchev–Trinajstić information content (AvgIpc) is 2.36.